The lowest BCUT2D eigenvalue weighted by Crippen LogP contribution is -2.39. The van der Waals surface area contributed by atoms with Gasteiger partial charge in [0, 0.05) is 5.56 Å². The first-order valence-electron chi connectivity index (χ1n) is 4.09. The molecule has 0 heterocycles. The number of hydrogen-bond acceptors (Lipinski definition) is 2. The van der Waals surface area contributed by atoms with E-state index in [1.165, 1.54) is 18.2 Å². The maximum Gasteiger partial charge on any atom is 0.421 e. The van der Waals surface area contributed by atoms with Crippen molar-refractivity contribution in [1.82, 2.24) is 0 Å². The predicted octanol–water partition coefficient (Wildman–Crippen LogP) is 2.33. The Balaban J connectivity index is 3.34. The van der Waals surface area contributed by atoms with Crippen molar-refractivity contribution in [1.29, 1.82) is 5.26 Å². The maximum atomic E-state index is 12.5. The lowest BCUT2D eigenvalue weighted by molar-refractivity contribution is -0.259. The van der Waals surface area contributed by atoms with Crippen LogP contribution in [0.25, 0.3) is 0 Å². The van der Waals surface area contributed by atoms with Crippen LogP contribution in [0.1, 0.15) is 18.1 Å². The second-order valence-corrected chi connectivity index (χ2v) is 3.23. The van der Waals surface area contributed by atoms with Crippen LogP contribution in [-0.2, 0) is 5.60 Å². The van der Waals surface area contributed by atoms with Crippen LogP contribution >= 0.6 is 0 Å². The van der Waals surface area contributed by atoms with E-state index in [2.05, 4.69) is 0 Å². The highest BCUT2D eigenvalue weighted by Gasteiger charge is 2.52. The third-order valence-corrected chi connectivity index (χ3v) is 2.12. The molecule has 0 amide bonds. The van der Waals surface area contributed by atoms with Crippen LogP contribution in [0.3, 0.4) is 0 Å². The highest BCUT2D eigenvalue weighted by Crippen LogP contribution is 2.39. The van der Waals surface area contributed by atoms with E-state index in [-0.39, 0.29) is 5.56 Å². The Morgan fingerprint density at radius 1 is 1.27 bits per heavy atom. The summed E-state index contributed by atoms with van der Waals surface area (Å²) >= 11 is 0. The fourth-order valence-corrected chi connectivity index (χ4v) is 1.16. The Kier molecular flexibility index (Phi) is 2.73. The van der Waals surface area contributed by atoms with Gasteiger partial charge in [0.05, 0.1) is 11.6 Å². The standard InChI is InChI=1S/C10H8F3NO/c1-9(15,10(11,12)13)8-5-3-2-4-7(8)6-14/h2-5,15H,1H3. The van der Waals surface area contributed by atoms with Gasteiger partial charge in [0.2, 0.25) is 0 Å². The minimum Gasteiger partial charge on any atom is -0.376 e. The molecule has 80 valence electrons. The van der Waals surface area contributed by atoms with Gasteiger partial charge in [-0.05, 0) is 13.0 Å². The van der Waals surface area contributed by atoms with Crippen molar-refractivity contribution in [3.8, 4) is 6.07 Å². The number of halogens is 3. The second kappa shape index (κ2) is 3.55. The molecular formula is C10H8F3NO. The molecule has 1 N–H and O–H groups in total. The van der Waals surface area contributed by atoms with Gasteiger partial charge in [0.25, 0.3) is 0 Å². The number of nitriles is 1. The van der Waals surface area contributed by atoms with Crippen molar-refractivity contribution >= 4 is 0 Å². The van der Waals surface area contributed by atoms with Crippen LogP contribution in [0.5, 0.6) is 0 Å². The molecule has 0 bridgehead atoms. The Morgan fingerprint density at radius 3 is 2.27 bits per heavy atom. The van der Waals surface area contributed by atoms with Crippen molar-refractivity contribution in [3.63, 3.8) is 0 Å². The van der Waals surface area contributed by atoms with E-state index in [4.69, 9.17) is 5.26 Å². The first-order chi connectivity index (χ1) is 6.80. The SMILES string of the molecule is CC(O)(c1ccccc1C#N)C(F)(F)F. The van der Waals surface area contributed by atoms with Gasteiger partial charge < -0.3 is 5.11 Å². The minimum atomic E-state index is -4.81. The molecule has 5 heteroatoms. The summed E-state index contributed by atoms with van der Waals surface area (Å²) in [5, 5.41) is 18.0. The van der Waals surface area contributed by atoms with Crippen molar-refractivity contribution in [2.45, 2.75) is 18.7 Å². The first kappa shape index (κ1) is 11.5. The lowest BCUT2D eigenvalue weighted by Gasteiger charge is -2.27. The highest BCUT2D eigenvalue weighted by molar-refractivity contribution is 5.41. The quantitative estimate of drug-likeness (QED) is 0.781. The monoisotopic (exact) mass is 215 g/mol. The van der Waals surface area contributed by atoms with Gasteiger partial charge in [0.15, 0.2) is 5.60 Å². The number of rotatable bonds is 1. The topological polar surface area (TPSA) is 44.0 Å². The smallest absolute Gasteiger partial charge is 0.376 e. The van der Waals surface area contributed by atoms with Gasteiger partial charge in [-0.25, -0.2) is 0 Å². The maximum absolute atomic E-state index is 12.5. The van der Waals surface area contributed by atoms with E-state index in [1.54, 1.807) is 6.07 Å². The highest BCUT2D eigenvalue weighted by atomic mass is 19.4. The van der Waals surface area contributed by atoms with Gasteiger partial charge in [0.1, 0.15) is 0 Å². The minimum absolute atomic E-state index is 0.181. The molecular weight excluding hydrogens is 207 g/mol. The zero-order valence-electron chi connectivity index (χ0n) is 7.84. The van der Waals surface area contributed by atoms with Gasteiger partial charge in [-0.15, -0.1) is 0 Å². The lowest BCUT2D eigenvalue weighted by atomic mass is 9.91. The molecule has 15 heavy (non-hydrogen) atoms. The van der Waals surface area contributed by atoms with E-state index < -0.39 is 17.3 Å². The third kappa shape index (κ3) is 1.95. The third-order valence-electron chi connectivity index (χ3n) is 2.12. The number of hydrogen-bond donors (Lipinski definition) is 1. The van der Waals surface area contributed by atoms with Gasteiger partial charge in [-0.3, -0.25) is 0 Å². The summed E-state index contributed by atoms with van der Waals surface area (Å²) in [4.78, 5) is 0. The molecule has 1 rings (SSSR count). The van der Waals surface area contributed by atoms with Crippen LogP contribution in [0.15, 0.2) is 24.3 Å². The molecule has 0 radical (unpaired) electrons. The number of nitrogens with zero attached hydrogens (tertiary/aromatic N) is 1. The van der Waals surface area contributed by atoms with Crippen molar-refractivity contribution < 1.29 is 18.3 Å². The zero-order chi connectivity index (χ0) is 11.7. The van der Waals surface area contributed by atoms with Crippen LogP contribution in [-0.4, -0.2) is 11.3 Å². The molecule has 0 aliphatic carbocycles. The fraction of sp³-hybridized carbons (Fsp3) is 0.300. The molecule has 1 aromatic carbocycles. The summed E-state index contributed by atoms with van der Waals surface area (Å²) in [6, 6.07) is 6.72. The van der Waals surface area contributed by atoms with E-state index in [9.17, 15) is 18.3 Å². The second-order valence-electron chi connectivity index (χ2n) is 3.23. The average molecular weight is 215 g/mol. The van der Waals surface area contributed by atoms with Gasteiger partial charge in [-0.1, -0.05) is 18.2 Å². The summed E-state index contributed by atoms with van der Waals surface area (Å²) in [7, 11) is 0. The number of alkyl halides is 3. The number of benzene rings is 1. The van der Waals surface area contributed by atoms with Gasteiger partial charge in [-0.2, -0.15) is 18.4 Å². The van der Waals surface area contributed by atoms with Crippen molar-refractivity contribution in [3.05, 3.63) is 35.4 Å². The average Bonchev–Trinajstić information content (AvgIpc) is 2.16. The van der Waals surface area contributed by atoms with E-state index in [0.717, 1.165) is 6.07 Å². The van der Waals surface area contributed by atoms with E-state index in [1.807, 2.05) is 0 Å². The van der Waals surface area contributed by atoms with Gasteiger partial charge >= 0.3 is 6.18 Å². The molecule has 0 saturated heterocycles. The molecule has 0 aliphatic heterocycles. The van der Waals surface area contributed by atoms with E-state index in [0.29, 0.717) is 6.92 Å². The van der Waals surface area contributed by atoms with E-state index >= 15 is 0 Å². The molecule has 1 unspecified atom stereocenters. The van der Waals surface area contributed by atoms with Crippen LogP contribution in [0.2, 0.25) is 0 Å². The summed E-state index contributed by atoms with van der Waals surface area (Å²) < 4.78 is 37.4. The fourth-order valence-electron chi connectivity index (χ4n) is 1.16. The van der Waals surface area contributed by atoms with Crippen molar-refractivity contribution in [2.24, 2.45) is 0 Å². The first-order valence-corrected chi connectivity index (χ1v) is 4.09. The zero-order valence-corrected chi connectivity index (χ0v) is 7.84. The summed E-state index contributed by atoms with van der Waals surface area (Å²) in [5.74, 6) is 0. The molecule has 0 aliphatic rings. The summed E-state index contributed by atoms with van der Waals surface area (Å²) in [6.45, 7) is 0.628. The normalized spacial score (nSPS) is 15.5. The van der Waals surface area contributed by atoms with Crippen molar-refractivity contribution in [2.75, 3.05) is 0 Å². The largest absolute Gasteiger partial charge is 0.421 e. The Hall–Kier alpha value is -1.54. The summed E-state index contributed by atoms with van der Waals surface area (Å²) in [5.41, 5.74) is -3.61. The molecule has 0 spiro atoms. The van der Waals surface area contributed by atoms with Crippen LogP contribution < -0.4 is 0 Å². The molecule has 0 aromatic heterocycles. The Bertz CT molecular complexity index is 404. The Labute approximate surface area is 84.6 Å². The summed E-state index contributed by atoms with van der Waals surface area (Å²) in [6.07, 6.45) is -4.81. The molecule has 0 saturated carbocycles. The molecule has 0 fully saturated rings. The predicted molar refractivity (Wildman–Crippen MR) is 46.8 cm³/mol. The van der Waals surface area contributed by atoms with Crippen LogP contribution in [0.4, 0.5) is 13.2 Å². The number of aliphatic hydroxyl groups is 1. The Morgan fingerprint density at radius 2 is 1.80 bits per heavy atom. The molecule has 2 nitrogen and oxygen atoms in total. The molecule has 1 aromatic rings. The molecule has 1 atom stereocenters. The van der Waals surface area contributed by atoms with Crippen LogP contribution in [0, 0.1) is 11.3 Å².